The minimum atomic E-state index is -0.824. The summed E-state index contributed by atoms with van der Waals surface area (Å²) in [6, 6.07) is 6.89. The molecule has 4 heteroatoms. The second-order valence-electron chi connectivity index (χ2n) is 5.13. The largest absolute Gasteiger partial charge is 0.506 e. The molecule has 0 aliphatic heterocycles. The number of rotatable bonds is 2. The summed E-state index contributed by atoms with van der Waals surface area (Å²) in [5.41, 5.74) is 0.431. The molecule has 0 atom stereocenters. The Kier molecular flexibility index (Phi) is 2.66. The van der Waals surface area contributed by atoms with Gasteiger partial charge in [-0.25, -0.2) is 0 Å². The SMILES string of the molecule is O=C(O)C1(c2ccc(O)c3ncccc23)CCCC1. The number of carbonyl (C=O) groups is 1. The van der Waals surface area contributed by atoms with Crippen molar-refractivity contribution in [1.29, 1.82) is 0 Å². The van der Waals surface area contributed by atoms with E-state index in [1.165, 1.54) is 0 Å². The normalized spacial score (nSPS) is 17.7. The molecule has 1 aliphatic carbocycles. The maximum Gasteiger partial charge on any atom is 0.314 e. The summed E-state index contributed by atoms with van der Waals surface area (Å²) in [7, 11) is 0. The molecule has 3 rings (SSSR count). The zero-order valence-electron chi connectivity index (χ0n) is 10.5. The highest BCUT2D eigenvalue weighted by Crippen LogP contribution is 2.44. The molecular weight excluding hydrogens is 242 g/mol. The first-order chi connectivity index (χ1) is 9.15. The van der Waals surface area contributed by atoms with Crippen molar-refractivity contribution in [3.63, 3.8) is 0 Å². The van der Waals surface area contributed by atoms with Crippen LogP contribution in [-0.2, 0) is 10.2 Å². The van der Waals surface area contributed by atoms with Gasteiger partial charge in [0.05, 0.1) is 5.41 Å². The number of carboxylic acid groups (broad SMARTS) is 1. The molecule has 1 aromatic carbocycles. The molecule has 98 valence electrons. The van der Waals surface area contributed by atoms with Gasteiger partial charge in [0, 0.05) is 11.6 Å². The lowest BCUT2D eigenvalue weighted by Crippen LogP contribution is -2.32. The third-order valence-corrected chi connectivity index (χ3v) is 4.13. The van der Waals surface area contributed by atoms with Crippen LogP contribution in [0.3, 0.4) is 0 Å². The van der Waals surface area contributed by atoms with Crippen LogP contribution in [0.25, 0.3) is 10.9 Å². The van der Waals surface area contributed by atoms with Gasteiger partial charge in [-0.1, -0.05) is 25.0 Å². The number of phenols is 1. The Morgan fingerprint density at radius 3 is 2.63 bits per heavy atom. The molecule has 2 N–H and O–H groups in total. The highest BCUT2D eigenvalue weighted by molar-refractivity contribution is 5.94. The van der Waals surface area contributed by atoms with Crippen LogP contribution < -0.4 is 0 Å². The lowest BCUT2D eigenvalue weighted by molar-refractivity contribution is -0.143. The second kappa shape index (κ2) is 4.23. The Morgan fingerprint density at radius 1 is 1.21 bits per heavy atom. The smallest absolute Gasteiger partial charge is 0.314 e. The van der Waals surface area contributed by atoms with E-state index in [4.69, 9.17) is 0 Å². The highest BCUT2D eigenvalue weighted by atomic mass is 16.4. The summed E-state index contributed by atoms with van der Waals surface area (Å²) in [4.78, 5) is 15.9. The van der Waals surface area contributed by atoms with Crippen molar-refractivity contribution >= 4 is 16.9 Å². The maximum atomic E-state index is 11.8. The molecule has 0 spiro atoms. The first kappa shape index (κ1) is 12.0. The molecule has 0 amide bonds. The molecule has 19 heavy (non-hydrogen) atoms. The van der Waals surface area contributed by atoms with Gasteiger partial charge >= 0.3 is 5.97 Å². The zero-order valence-corrected chi connectivity index (χ0v) is 10.5. The van der Waals surface area contributed by atoms with Crippen molar-refractivity contribution in [3.8, 4) is 5.75 Å². The van der Waals surface area contributed by atoms with Gasteiger partial charge in [-0.15, -0.1) is 0 Å². The summed E-state index contributed by atoms with van der Waals surface area (Å²) in [6.45, 7) is 0. The Bertz CT molecular complexity index is 645. The van der Waals surface area contributed by atoms with Crippen molar-refractivity contribution in [2.75, 3.05) is 0 Å². The van der Waals surface area contributed by atoms with Gasteiger partial charge in [0.15, 0.2) is 0 Å². The fourth-order valence-corrected chi connectivity index (χ4v) is 3.15. The number of aromatic nitrogens is 1. The molecule has 1 heterocycles. The highest BCUT2D eigenvalue weighted by Gasteiger charge is 2.44. The monoisotopic (exact) mass is 257 g/mol. The van der Waals surface area contributed by atoms with Gasteiger partial charge in [0.25, 0.3) is 0 Å². The van der Waals surface area contributed by atoms with E-state index in [-0.39, 0.29) is 5.75 Å². The predicted octanol–water partition coefficient (Wildman–Crippen LogP) is 2.84. The van der Waals surface area contributed by atoms with E-state index in [9.17, 15) is 15.0 Å². The van der Waals surface area contributed by atoms with Crippen LogP contribution in [0.15, 0.2) is 30.5 Å². The molecule has 1 fully saturated rings. The minimum Gasteiger partial charge on any atom is -0.506 e. The first-order valence-corrected chi connectivity index (χ1v) is 6.46. The van der Waals surface area contributed by atoms with Crippen LogP contribution in [0.5, 0.6) is 5.75 Å². The Hall–Kier alpha value is -2.10. The van der Waals surface area contributed by atoms with Crippen LogP contribution in [0, 0.1) is 0 Å². The number of phenolic OH excluding ortho intramolecular Hbond substituents is 1. The fraction of sp³-hybridized carbons (Fsp3) is 0.333. The molecule has 4 nitrogen and oxygen atoms in total. The average Bonchev–Trinajstić information content (AvgIpc) is 2.90. The quantitative estimate of drug-likeness (QED) is 0.867. The number of carboxylic acids is 1. The molecule has 1 aromatic heterocycles. The Morgan fingerprint density at radius 2 is 1.95 bits per heavy atom. The third kappa shape index (κ3) is 1.67. The first-order valence-electron chi connectivity index (χ1n) is 6.46. The van der Waals surface area contributed by atoms with Crippen LogP contribution in [0.2, 0.25) is 0 Å². The minimum absolute atomic E-state index is 0.0953. The van der Waals surface area contributed by atoms with Crippen molar-refractivity contribution < 1.29 is 15.0 Å². The number of nitrogens with zero attached hydrogens (tertiary/aromatic N) is 1. The van der Waals surface area contributed by atoms with Crippen LogP contribution in [-0.4, -0.2) is 21.2 Å². The average molecular weight is 257 g/mol. The summed E-state index contributed by atoms with van der Waals surface area (Å²) in [5, 5.41) is 20.3. The number of hydrogen-bond donors (Lipinski definition) is 2. The van der Waals surface area contributed by atoms with Gasteiger partial charge < -0.3 is 10.2 Å². The summed E-state index contributed by atoms with van der Waals surface area (Å²) in [5.74, 6) is -0.682. The van der Waals surface area contributed by atoms with Crippen molar-refractivity contribution in [2.24, 2.45) is 0 Å². The van der Waals surface area contributed by atoms with E-state index < -0.39 is 11.4 Å². The molecule has 1 aliphatic rings. The second-order valence-corrected chi connectivity index (χ2v) is 5.13. The standard InChI is InChI=1S/C15H15NO3/c17-12-6-5-11(10-4-3-9-16-13(10)12)15(14(18)19)7-1-2-8-15/h3-6,9,17H,1-2,7-8H2,(H,18,19). The number of aromatic hydroxyl groups is 1. The molecule has 2 aromatic rings. The lowest BCUT2D eigenvalue weighted by atomic mass is 9.77. The van der Waals surface area contributed by atoms with Gasteiger partial charge in [-0.05, 0) is 30.5 Å². The number of benzene rings is 1. The van der Waals surface area contributed by atoms with Crippen molar-refractivity contribution in [3.05, 3.63) is 36.0 Å². The van der Waals surface area contributed by atoms with Crippen LogP contribution in [0.4, 0.5) is 0 Å². The van der Waals surface area contributed by atoms with E-state index in [0.717, 1.165) is 23.8 Å². The number of fused-ring (bicyclic) bond motifs is 1. The topological polar surface area (TPSA) is 70.4 Å². The van der Waals surface area contributed by atoms with E-state index in [2.05, 4.69) is 4.98 Å². The fourth-order valence-electron chi connectivity index (χ4n) is 3.15. The van der Waals surface area contributed by atoms with E-state index >= 15 is 0 Å². The Balaban J connectivity index is 2.31. The number of hydrogen-bond acceptors (Lipinski definition) is 3. The molecule has 0 unspecified atom stereocenters. The van der Waals surface area contributed by atoms with Gasteiger partial charge in [0.1, 0.15) is 11.3 Å². The van der Waals surface area contributed by atoms with Crippen LogP contribution >= 0.6 is 0 Å². The van der Waals surface area contributed by atoms with Gasteiger partial charge in [-0.2, -0.15) is 0 Å². The summed E-state index contributed by atoms with van der Waals surface area (Å²) >= 11 is 0. The summed E-state index contributed by atoms with van der Waals surface area (Å²) in [6.07, 6.45) is 4.76. The summed E-state index contributed by atoms with van der Waals surface area (Å²) < 4.78 is 0. The Labute approximate surface area is 110 Å². The van der Waals surface area contributed by atoms with Crippen molar-refractivity contribution in [1.82, 2.24) is 4.98 Å². The zero-order chi connectivity index (χ0) is 13.5. The van der Waals surface area contributed by atoms with E-state index in [1.807, 2.05) is 6.07 Å². The molecular formula is C15H15NO3. The predicted molar refractivity (Wildman–Crippen MR) is 71.2 cm³/mol. The molecule has 0 bridgehead atoms. The van der Waals surface area contributed by atoms with Crippen molar-refractivity contribution in [2.45, 2.75) is 31.1 Å². The third-order valence-electron chi connectivity index (χ3n) is 4.13. The lowest BCUT2D eigenvalue weighted by Gasteiger charge is -2.26. The maximum absolute atomic E-state index is 11.8. The van der Waals surface area contributed by atoms with Crippen LogP contribution in [0.1, 0.15) is 31.2 Å². The molecule has 0 saturated heterocycles. The van der Waals surface area contributed by atoms with E-state index in [1.54, 1.807) is 24.4 Å². The van der Waals surface area contributed by atoms with Gasteiger partial charge in [0.2, 0.25) is 0 Å². The number of pyridine rings is 1. The molecule has 0 radical (unpaired) electrons. The molecule has 1 saturated carbocycles. The van der Waals surface area contributed by atoms with Gasteiger partial charge in [-0.3, -0.25) is 9.78 Å². The number of aliphatic carboxylic acids is 1. The van der Waals surface area contributed by atoms with E-state index in [0.29, 0.717) is 18.4 Å².